The van der Waals surface area contributed by atoms with Crippen molar-refractivity contribution in [2.75, 3.05) is 13.7 Å². The van der Waals surface area contributed by atoms with Gasteiger partial charge in [-0.25, -0.2) is 13.1 Å². The van der Waals surface area contributed by atoms with E-state index in [4.69, 9.17) is 22.1 Å². The normalized spacial score (nSPS) is 21.5. The zero-order chi connectivity index (χ0) is 15.6. The predicted octanol–water partition coefficient (Wildman–Crippen LogP) is 2.94. The zero-order valence-corrected chi connectivity index (χ0v) is 16.0. The van der Waals surface area contributed by atoms with Gasteiger partial charge in [0.05, 0.1) is 17.0 Å². The Labute approximate surface area is 150 Å². The molecule has 2 unspecified atom stereocenters. The highest BCUT2D eigenvalue weighted by Crippen LogP contribution is 2.34. The molecule has 126 valence electrons. The number of nitrogens with two attached hydrogens (primary N) is 1. The van der Waals surface area contributed by atoms with Gasteiger partial charge in [0.25, 0.3) is 0 Å². The third kappa shape index (κ3) is 4.27. The maximum Gasteiger partial charge on any atom is 0.242 e. The molecular formula is C13H19BrCl2N2O3S. The van der Waals surface area contributed by atoms with Crippen LogP contribution < -0.4 is 15.2 Å². The fraction of sp³-hybridized carbons (Fsp3) is 0.538. The van der Waals surface area contributed by atoms with Crippen molar-refractivity contribution < 1.29 is 13.2 Å². The van der Waals surface area contributed by atoms with Crippen LogP contribution in [0.3, 0.4) is 0 Å². The number of methoxy groups -OCH3 is 1. The quantitative estimate of drug-likeness (QED) is 0.747. The summed E-state index contributed by atoms with van der Waals surface area (Å²) in [4.78, 5) is 0.107. The molecule has 0 bridgehead atoms. The van der Waals surface area contributed by atoms with E-state index in [0.29, 0.717) is 16.8 Å². The SMILES string of the molecule is COc1cc(Br)c(S(=O)(=O)NC2CCCC2CN)cc1Cl.Cl. The Hall–Kier alpha value is -0.0500. The molecule has 5 nitrogen and oxygen atoms in total. The van der Waals surface area contributed by atoms with Crippen LogP contribution in [0.2, 0.25) is 5.02 Å². The van der Waals surface area contributed by atoms with Gasteiger partial charge >= 0.3 is 0 Å². The molecule has 1 saturated carbocycles. The second-order valence-electron chi connectivity index (χ2n) is 5.07. The number of hydrogen-bond donors (Lipinski definition) is 2. The molecule has 2 atom stereocenters. The molecule has 0 radical (unpaired) electrons. The van der Waals surface area contributed by atoms with Crippen LogP contribution in [-0.2, 0) is 10.0 Å². The Morgan fingerprint density at radius 3 is 2.73 bits per heavy atom. The Morgan fingerprint density at radius 2 is 2.14 bits per heavy atom. The Balaban J connectivity index is 0.00000242. The van der Waals surface area contributed by atoms with E-state index in [0.717, 1.165) is 19.3 Å². The third-order valence-electron chi connectivity index (χ3n) is 3.76. The Bertz CT molecular complexity index is 628. The highest BCUT2D eigenvalue weighted by molar-refractivity contribution is 9.10. The van der Waals surface area contributed by atoms with Gasteiger partial charge in [-0.05, 0) is 53.4 Å². The summed E-state index contributed by atoms with van der Waals surface area (Å²) in [5.41, 5.74) is 5.69. The molecule has 0 aromatic heterocycles. The van der Waals surface area contributed by atoms with E-state index in [1.165, 1.54) is 13.2 Å². The highest BCUT2D eigenvalue weighted by Gasteiger charge is 2.31. The summed E-state index contributed by atoms with van der Waals surface area (Å²) in [6.45, 7) is 0.484. The highest BCUT2D eigenvalue weighted by atomic mass is 79.9. The van der Waals surface area contributed by atoms with Crippen molar-refractivity contribution in [2.45, 2.75) is 30.2 Å². The molecule has 9 heteroatoms. The van der Waals surface area contributed by atoms with Crippen molar-refractivity contribution in [3.8, 4) is 5.75 Å². The van der Waals surface area contributed by atoms with E-state index in [9.17, 15) is 8.42 Å². The number of rotatable bonds is 5. The second-order valence-corrected chi connectivity index (χ2v) is 8.02. The average Bonchev–Trinajstić information content (AvgIpc) is 2.87. The summed E-state index contributed by atoms with van der Waals surface area (Å²) >= 11 is 9.28. The zero-order valence-electron chi connectivity index (χ0n) is 12.0. The summed E-state index contributed by atoms with van der Waals surface area (Å²) in [6.07, 6.45) is 2.75. The summed E-state index contributed by atoms with van der Waals surface area (Å²) in [6, 6.07) is 2.82. The molecule has 0 heterocycles. The number of benzene rings is 1. The van der Waals surface area contributed by atoms with E-state index >= 15 is 0 Å². The molecule has 22 heavy (non-hydrogen) atoms. The second kappa shape index (κ2) is 8.17. The molecule has 2 rings (SSSR count). The Kier molecular flexibility index (Phi) is 7.42. The Morgan fingerprint density at radius 1 is 1.45 bits per heavy atom. The van der Waals surface area contributed by atoms with Gasteiger partial charge in [-0.3, -0.25) is 0 Å². The van der Waals surface area contributed by atoms with Crippen LogP contribution in [0.4, 0.5) is 0 Å². The first-order valence-electron chi connectivity index (χ1n) is 6.64. The van der Waals surface area contributed by atoms with Gasteiger partial charge < -0.3 is 10.5 Å². The molecule has 0 amide bonds. The van der Waals surface area contributed by atoms with Gasteiger partial charge in [0, 0.05) is 10.5 Å². The molecule has 1 aromatic carbocycles. The van der Waals surface area contributed by atoms with Gasteiger partial charge in [0.1, 0.15) is 5.75 Å². The monoisotopic (exact) mass is 432 g/mol. The van der Waals surface area contributed by atoms with Crippen molar-refractivity contribution in [2.24, 2.45) is 11.7 Å². The van der Waals surface area contributed by atoms with Crippen molar-refractivity contribution in [3.63, 3.8) is 0 Å². The largest absolute Gasteiger partial charge is 0.495 e. The number of ether oxygens (including phenoxy) is 1. The maximum atomic E-state index is 12.5. The lowest BCUT2D eigenvalue weighted by atomic mass is 10.1. The smallest absolute Gasteiger partial charge is 0.242 e. The summed E-state index contributed by atoms with van der Waals surface area (Å²) in [5.74, 6) is 0.607. The fourth-order valence-electron chi connectivity index (χ4n) is 2.61. The van der Waals surface area contributed by atoms with Gasteiger partial charge in [-0.15, -0.1) is 12.4 Å². The van der Waals surface area contributed by atoms with Crippen LogP contribution in [0.25, 0.3) is 0 Å². The minimum Gasteiger partial charge on any atom is -0.495 e. The molecule has 0 spiro atoms. The third-order valence-corrected chi connectivity index (χ3v) is 6.51. The van der Waals surface area contributed by atoms with E-state index in [-0.39, 0.29) is 34.3 Å². The van der Waals surface area contributed by atoms with E-state index < -0.39 is 10.0 Å². The van der Waals surface area contributed by atoms with Gasteiger partial charge in [0.2, 0.25) is 10.0 Å². The van der Waals surface area contributed by atoms with Crippen LogP contribution in [0.15, 0.2) is 21.5 Å². The number of sulfonamides is 1. The van der Waals surface area contributed by atoms with Crippen molar-refractivity contribution in [3.05, 3.63) is 21.6 Å². The average molecular weight is 434 g/mol. The molecule has 1 aliphatic carbocycles. The van der Waals surface area contributed by atoms with Crippen LogP contribution in [-0.4, -0.2) is 28.1 Å². The van der Waals surface area contributed by atoms with Crippen LogP contribution >= 0.6 is 39.9 Å². The first-order chi connectivity index (χ1) is 9.89. The molecule has 0 aliphatic heterocycles. The van der Waals surface area contributed by atoms with Crippen LogP contribution in [0.5, 0.6) is 5.75 Å². The predicted molar refractivity (Wildman–Crippen MR) is 93.5 cm³/mol. The first kappa shape index (κ1) is 20.0. The number of nitrogens with one attached hydrogen (secondary N) is 1. The molecule has 3 N–H and O–H groups in total. The molecule has 0 saturated heterocycles. The van der Waals surface area contributed by atoms with E-state index in [1.807, 2.05) is 0 Å². The van der Waals surface area contributed by atoms with Gasteiger partial charge in [-0.1, -0.05) is 18.0 Å². The summed E-state index contributed by atoms with van der Waals surface area (Å²) in [7, 11) is -2.18. The molecular weight excluding hydrogens is 415 g/mol. The first-order valence-corrected chi connectivity index (χ1v) is 9.30. The van der Waals surface area contributed by atoms with Gasteiger partial charge in [0.15, 0.2) is 0 Å². The lowest BCUT2D eigenvalue weighted by molar-refractivity contribution is 0.414. The standard InChI is InChI=1S/C13H18BrClN2O3S.ClH/c1-20-12-5-9(14)13(6-10(12)15)21(18,19)17-11-4-2-3-8(11)7-16;/h5-6,8,11,17H,2-4,7,16H2,1H3;1H. The summed E-state index contributed by atoms with van der Waals surface area (Å²) in [5, 5.41) is 0.253. The van der Waals surface area contributed by atoms with Crippen LogP contribution in [0, 0.1) is 5.92 Å². The van der Waals surface area contributed by atoms with Gasteiger partial charge in [-0.2, -0.15) is 0 Å². The molecule has 1 aromatic rings. The molecule has 1 fully saturated rings. The van der Waals surface area contributed by atoms with Crippen molar-refractivity contribution >= 4 is 50.0 Å². The lowest BCUT2D eigenvalue weighted by Crippen LogP contribution is -2.39. The summed E-state index contributed by atoms with van der Waals surface area (Å²) < 4.78 is 33.3. The topological polar surface area (TPSA) is 81.4 Å². The number of hydrogen-bond acceptors (Lipinski definition) is 4. The van der Waals surface area contributed by atoms with E-state index in [2.05, 4.69) is 20.7 Å². The minimum absolute atomic E-state index is 0. The fourth-order valence-corrected chi connectivity index (χ4v) is 5.30. The van der Waals surface area contributed by atoms with Crippen molar-refractivity contribution in [1.29, 1.82) is 0 Å². The van der Waals surface area contributed by atoms with Crippen molar-refractivity contribution in [1.82, 2.24) is 4.72 Å². The maximum absolute atomic E-state index is 12.5. The number of halogens is 3. The van der Waals surface area contributed by atoms with Crippen LogP contribution in [0.1, 0.15) is 19.3 Å². The lowest BCUT2D eigenvalue weighted by Gasteiger charge is -2.20. The van der Waals surface area contributed by atoms with E-state index in [1.54, 1.807) is 6.07 Å². The molecule has 1 aliphatic rings. The minimum atomic E-state index is -3.66.